The number of ether oxygens (including phenoxy) is 1. The third-order valence-electron chi connectivity index (χ3n) is 7.18. The molecule has 3 fully saturated rings. The van der Waals surface area contributed by atoms with Crippen molar-refractivity contribution in [3.8, 4) is 0 Å². The van der Waals surface area contributed by atoms with Gasteiger partial charge in [0.1, 0.15) is 5.60 Å². The first-order valence-electron chi connectivity index (χ1n) is 8.44. The molecule has 1 aromatic carbocycles. The molecular formula is C20H22O2. The Morgan fingerprint density at radius 2 is 2.00 bits per heavy atom. The SMILES string of the molecule is CC(=O)O[C@@]12C[C@]1(C)CC13CCC=C[C@]1(c1ccccc1)[C@H]32. The molecular weight excluding hydrogens is 272 g/mol. The van der Waals surface area contributed by atoms with E-state index in [-0.39, 0.29) is 22.4 Å². The topological polar surface area (TPSA) is 26.3 Å². The van der Waals surface area contributed by atoms with E-state index in [1.807, 2.05) is 0 Å². The number of benzene rings is 1. The highest BCUT2D eigenvalue weighted by atomic mass is 16.6. The number of carbonyl (C=O) groups excluding carboxylic acids is 1. The molecule has 2 nitrogen and oxygen atoms in total. The Kier molecular flexibility index (Phi) is 2.06. The Bertz CT molecular complexity index is 708. The fourth-order valence-electron chi connectivity index (χ4n) is 6.63. The summed E-state index contributed by atoms with van der Waals surface area (Å²) in [5.74, 6) is 0.360. The second-order valence-electron chi connectivity index (χ2n) is 8.16. The minimum absolute atomic E-state index is 0.109. The van der Waals surface area contributed by atoms with Crippen molar-refractivity contribution in [1.82, 2.24) is 0 Å². The van der Waals surface area contributed by atoms with E-state index in [0.717, 1.165) is 12.8 Å². The summed E-state index contributed by atoms with van der Waals surface area (Å²) in [4.78, 5) is 11.7. The predicted octanol–water partition coefficient (Wildman–Crippen LogP) is 4.01. The third kappa shape index (κ3) is 1.13. The molecule has 114 valence electrons. The van der Waals surface area contributed by atoms with Crippen molar-refractivity contribution < 1.29 is 9.53 Å². The van der Waals surface area contributed by atoms with Crippen LogP contribution in [0.5, 0.6) is 0 Å². The molecule has 3 saturated carbocycles. The summed E-state index contributed by atoms with van der Waals surface area (Å²) < 4.78 is 5.99. The van der Waals surface area contributed by atoms with Gasteiger partial charge in [-0.2, -0.15) is 0 Å². The summed E-state index contributed by atoms with van der Waals surface area (Å²) in [7, 11) is 0. The van der Waals surface area contributed by atoms with Crippen LogP contribution in [0.2, 0.25) is 0 Å². The van der Waals surface area contributed by atoms with E-state index < -0.39 is 0 Å². The summed E-state index contributed by atoms with van der Waals surface area (Å²) >= 11 is 0. The van der Waals surface area contributed by atoms with E-state index in [9.17, 15) is 4.79 Å². The summed E-state index contributed by atoms with van der Waals surface area (Å²) in [6.45, 7) is 3.89. The quantitative estimate of drug-likeness (QED) is 0.608. The van der Waals surface area contributed by atoms with Crippen LogP contribution >= 0.6 is 0 Å². The van der Waals surface area contributed by atoms with Crippen LogP contribution < -0.4 is 0 Å². The fourth-order valence-corrected chi connectivity index (χ4v) is 6.63. The van der Waals surface area contributed by atoms with Crippen molar-refractivity contribution in [2.45, 2.75) is 50.5 Å². The van der Waals surface area contributed by atoms with Crippen molar-refractivity contribution >= 4 is 5.97 Å². The van der Waals surface area contributed by atoms with Gasteiger partial charge in [0.15, 0.2) is 0 Å². The Labute approximate surface area is 131 Å². The Balaban J connectivity index is 1.66. The van der Waals surface area contributed by atoms with Crippen LogP contribution in [0, 0.1) is 16.7 Å². The van der Waals surface area contributed by atoms with Gasteiger partial charge < -0.3 is 4.74 Å². The van der Waals surface area contributed by atoms with Gasteiger partial charge in [0.2, 0.25) is 0 Å². The summed E-state index contributed by atoms with van der Waals surface area (Å²) in [5, 5.41) is 0. The third-order valence-corrected chi connectivity index (χ3v) is 7.18. The molecule has 1 unspecified atom stereocenters. The zero-order chi connectivity index (χ0) is 15.2. The molecule has 0 heterocycles. The van der Waals surface area contributed by atoms with E-state index in [2.05, 4.69) is 49.4 Å². The first-order chi connectivity index (χ1) is 10.5. The Hall–Kier alpha value is -1.57. The van der Waals surface area contributed by atoms with Crippen LogP contribution in [0.15, 0.2) is 42.5 Å². The molecule has 0 saturated heterocycles. The van der Waals surface area contributed by atoms with Crippen molar-refractivity contribution in [2.24, 2.45) is 16.7 Å². The first-order valence-corrected chi connectivity index (χ1v) is 8.44. The maximum Gasteiger partial charge on any atom is 0.303 e. The molecule has 0 N–H and O–H groups in total. The molecule has 2 heteroatoms. The monoisotopic (exact) mass is 294 g/mol. The predicted molar refractivity (Wildman–Crippen MR) is 84.3 cm³/mol. The van der Waals surface area contributed by atoms with Gasteiger partial charge in [-0.1, -0.05) is 49.4 Å². The zero-order valence-corrected chi connectivity index (χ0v) is 13.3. The van der Waals surface area contributed by atoms with Gasteiger partial charge in [-0.15, -0.1) is 0 Å². The smallest absolute Gasteiger partial charge is 0.303 e. The van der Waals surface area contributed by atoms with Gasteiger partial charge >= 0.3 is 5.97 Å². The van der Waals surface area contributed by atoms with Gasteiger partial charge in [-0.05, 0) is 36.7 Å². The largest absolute Gasteiger partial charge is 0.458 e. The molecule has 5 atom stereocenters. The number of rotatable bonds is 2. The van der Waals surface area contributed by atoms with Crippen molar-refractivity contribution in [2.75, 3.05) is 0 Å². The number of allylic oxidation sites excluding steroid dienone is 2. The highest BCUT2D eigenvalue weighted by Gasteiger charge is 2.96. The lowest BCUT2D eigenvalue weighted by molar-refractivity contribution is -0.151. The second-order valence-corrected chi connectivity index (χ2v) is 8.16. The highest BCUT2D eigenvalue weighted by Crippen LogP contribution is 2.94. The Morgan fingerprint density at radius 1 is 1.23 bits per heavy atom. The fraction of sp³-hybridized carbons (Fsp3) is 0.550. The maximum atomic E-state index is 11.7. The average molecular weight is 294 g/mol. The molecule has 0 aliphatic heterocycles. The molecule has 0 amide bonds. The van der Waals surface area contributed by atoms with Crippen molar-refractivity contribution in [3.05, 3.63) is 48.0 Å². The van der Waals surface area contributed by atoms with Crippen LogP contribution in [0.1, 0.15) is 45.1 Å². The lowest BCUT2D eigenvalue weighted by Gasteiger charge is -2.31. The lowest BCUT2D eigenvalue weighted by atomic mass is 9.74. The first kappa shape index (κ1) is 12.9. The minimum atomic E-state index is -0.205. The molecule has 0 radical (unpaired) electrons. The molecule has 5 rings (SSSR count). The van der Waals surface area contributed by atoms with Gasteiger partial charge in [-0.25, -0.2) is 0 Å². The number of carbonyl (C=O) groups is 1. The number of hydrogen-bond acceptors (Lipinski definition) is 2. The Morgan fingerprint density at radius 3 is 2.73 bits per heavy atom. The number of esters is 1. The molecule has 0 aromatic heterocycles. The zero-order valence-electron chi connectivity index (χ0n) is 13.3. The van der Waals surface area contributed by atoms with Crippen molar-refractivity contribution in [1.29, 1.82) is 0 Å². The minimum Gasteiger partial charge on any atom is -0.458 e. The van der Waals surface area contributed by atoms with Gasteiger partial charge in [0.05, 0.1) is 0 Å². The van der Waals surface area contributed by atoms with Crippen molar-refractivity contribution in [3.63, 3.8) is 0 Å². The second kappa shape index (κ2) is 3.50. The molecule has 22 heavy (non-hydrogen) atoms. The van der Waals surface area contributed by atoms with Crippen LogP contribution in [0.3, 0.4) is 0 Å². The summed E-state index contributed by atoms with van der Waals surface area (Å²) in [5.41, 5.74) is 1.86. The lowest BCUT2D eigenvalue weighted by Crippen LogP contribution is -2.31. The molecule has 1 aromatic rings. The van der Waals surface area contributed by atoms with Crippen LogP contribution in [0.4, 0.5) is 0 Å². The molecule has 4 aliphatic carbocycles. The van der Waals surface area contributed by atoms with Crippen LogP contribution in [-0.2, 0) is 14.9 Å². The van der Waals surface area contributed by atoms with E-state index in [0.29, 0.717) is 11.3 Å². The average Bonchev–Trinajstić information content (AvgIpc) is 3.26. The maximum absolute atomic E-state index is 11.7. The van der Waals surface area contributed by atoms with Gasteiger partial charge in [-0.3, -0.25) is 4.79 Å². The van der Waals surface area contributed by atoms with E-state index in [4.69, 9.17) is 4.74 Å². The standard InChI is InChI=1S/C20H22O2/c1-14(21)22-20-13-17(20,2)12-18-10-6-7-11-19(18,16(18)20)15-8-4-3-5-9-15/h3-5,7-9,11,16H,6,10,12-13H2,1-2H3/t16-,17-,18?,19-,20+/m0/s1. The number of fused-ring (bicyclic) bond motifs is 3. The summed E-state index contributed by atoms with van der Waals surface area (Å²) in [6, 6.07) is 10.9. The summed E-state index contributed by atoms with van der Waals surface area (Å²) in [6.07, 6.45) is 9.45. The normalized spacial score (nSPS) is 49.8. The molecule has 0 bridgehead atoms. The number of hydrogen-bond donors (Lipinski definition) is 0. The molecule has 4 aliphatic rings. The van der Waals surface area contributed by atoms with Crippen LogP contribution in [0.25, 0.3) is 0 Å². The molecule has 1 spiro atoms. The highest BCUT2D eigenvalue weighted by molar-refractivity contribution is 5.69. The van der Waals surface area contributed by atoms with Crippen LogP contribution in [-0.4, -0.2) is 11.6 Å². The van der Waals surface area contributed by atoms with Gasteiger partial charge in [0.25, 0.3) is 0 Å². The van der Waals surface area contributed by atoms with Gasteiger partial charge in [0, 0.05) is 23.7 Å². The van der Waals surface area contributed by atoms with E-state index in [1.165, 1.54) is 18.4 Å². The van der Waals surface area contributed by atoms with E-state index >= 15 is 0 Å². The van der Waals surface area contributed by atoms with E-state index in [1.54, 1.807) is 6.92 Å².